The van der Waals surface area contributed by atoms with Crippen molar-refractivity contribution in [2.45, 2.75) is 13.1 Å². The van der Waals surface area contributed by atoms with Crippen LogP contribution in [-0.2, 0) is 13.1 Å². The Balaban J connectivity index is 2.03. The van der Waals surface area contributed by atoms with E-state index in [2.05, 4.69) is 20.8 Å². The summed E-state index contributed by atoms with van der Waals surface area (Å²) in [5.74, 6) is 0. The van der Waals surface area contributed by atoms with Gasteiger partial charge in [0.1, 0.15) is 5.01 Å². The van der Waals surface area contributed by atoms with Gasteiger partial charge in [-0.1, -0.05) is 0 Å². The van der Waals surface area contributed by atoms with Gasteiger partial charge in [-0.25, -0.2) is 4.98 Å². The first-order valence-corrected chi connectivity index (χ1v) is 5.32. The lowest BCUT2D eigenvalue weighted by Gasteiger charge is -1.96. The van der Waals surface area contributed by atoms with E-state index in [4.69, 9.17) is 0 Å². The van der Waals surface area contributed by atoms with E-state index in [1.807, 2.05) is 24.0 Å². The maximum absolute atomic E-state index is 4.47. The van der Waals surface area contributed by atoms with Gasteiger partial charge in [0.15, 0.2) is 0 Å². The summed E-state index contributed by atoms with van der Waals surface area (Å²) in [5.41, 5.74) is 1.07. The van der Waals surface area contributed by atoms with Crippen molar-refractivity contribution < 1.29 is 0 Å². The van der Waals surface area contributed by atoms with Crippen LogP contribution in [0, 0.1) is 0 Å². The molecule has 0 saturated carbocycles. The molecule has 14 heavy (non-hydrogen) atoms. The van der Waals surface area contributed by atoms with Crippen molar-refractivity contribution in [2.24, 2.45) is 0 Å². The van der Waals surface area contributed by atoms with Crippen LogP contribution < -0.4 is 5.32 Å². The molecule has 0 saturated heterocycles. The molecule has 0 spiro atoms. The molecular formula is C9H12N4S. The lowest BCUT2D eigenvalue weighted by molar-refractivity contribution is 0.671. The van der Waals surface area contributed by atoms with Gasteiger partial charge in [-0.2, -0.15) is 5.10 Å². The molecule has 0 atom stereocenters. The van der Waals surface area contributed by atoms with Crippen molar-refractivity contribution in [3.63, 3.8) is 0 Å². The van der Waals surface area contributed by atoms with E-state index in [9.17, 15) is 0 Å². The fourth-order valence-electron chi connectivity index (χ4n) is 1.21. The van der Waals surface area contributed by atoms with E-state index >= 15 is 0 Å². The van der Waals surface area contributed by atoms with Gasteiger partial charge in [0.05, 0.1) is 12.2 Å². The van der Waals surface area contributed by atoms with Crippen molar-refractivity contribution in [2.75, 3.05) is 7.05 Å². The Labute approximate surface area is 86.6 Å². The SMILES string of the molecule is CNCc1nc(Cn2cccn2)cs1. The van der Waals surface area contributed by atoms with Crippen LogP contribution in [0.1, 0.15) is 10.7 Å². The molecule has 2 aromatic rings. The molecule has 0 radical (unpaired) electrons. The minimum absolute atomic E-state index is 0.757. The summed E-state index contributed by atoms with van der Waals surface area (Å²) in [6, 6.07) is 1.92. The molecule has 0 aliphatic carbocycles. The first-order chi connectivity index (χ1) is 6.88. The third-order valence-corrected chi connectivity index (χ3v) is 2.71. The predicted molar refractivity (Wildman–Crippen MR) is 56.2 cm³/mol. The van der Waals surface area contributed by atoms with E-state index in [-0.39, 0.29) is 0 Å². The maximum Gasteiger partial charge on any atom is 0.107 e. The zero-order valence-electron chi connectivity index (χ0n) is 7.97. The van der Waals surface area contributed by atoms with Crippen LogP contribution >= 0.6 is 11.3 Å². The Morgan fingerprint density at radius 2 is 2.50 bits per heavy atom. The van der Waals surface area contributed by atoms with Gasteiger partial charge < -0.3 is 5.32 Å². The van der Waals surface area contributed by atoms with Gasteiger partial charge >= 0.3 is 0 Å². The summed E-state index contributed by atoms with van der Waals surface area (Å²) in [6.07, 6.45) is 3.72. The topological polar surface area (TPSA) is 42.7 Å². The third kappa shape index (κ3) is 2.18. The minimum Gasteiger partial charge on any atom is -0.314 e. The van der Waals surface area contributed by atoms with Crippen LogP contribution in [0.5, 0.6) is 0 Å². The third-order valence-electron chi connectivity index (χ3n) is 1.81. The summed E-state index contributed by atoms with van der Waals surface area (Å²) in [6.45, 7) is 1.59. The molecule has 1 N–H and O–H groups in total. The molecule has 0 bridgehead atoms. The summed E-state index contributed by atoms with van der Waals surface area (Å²) in [4.78, 5) is 4.47. The second kappa shape index (κ2) is 4.34. The second-order valence-corrected chi connectivity index (χ2v) is 3.91. The van der Waals surface area contributed by atoms with E-state index in [1.54, 1.807) is 17.5 Å². The van der Waals surface area contributed by atoms with Gasteiger partial charge in [-0.05, 0) is 13.1 Å². The van der Waals surface area contributed by atoms with Crippen molar-refractivity contribution in [3.05, 3.63) is 34.5 Å². The van der Waals surface area contributed by atoms with Crippen molar-refractivity contribution >= 4 is 11.3 Å². The molecular weight excluding hydrogens is 196 g/mol. The Kier molecular flexibility index (Phi) is 2.90. The van der Waals surface area contributed by atoms with Crippen LogP contribution in [-0.4, -0.2) is 21.8 Å². The van der Waals surface area contributed by atoms with E-state index in [1.165, 1.54) is 0 Å². The molecule has 0 amide bonds. The Hall–Kier alpha value is -1.20. The largest absolute Gasteiger partial charge is 0.314 e. The highest BCUT2D eigenvalue weighted by Crippen LogP contribution is 2.10. The fourth-order valence-corrected chi connectivity index (χ4v) is 2.01. The maximum atomic E-state index is 4.47. The average Bonchev–Trinajstić information content (AvgIpc) is 2.79. The number of thiazole rings is 1. The number of hydrogen-bond donors (Lipinski definition) is 1. The van der Waals surface area contributed by atoms with Gasteiger partial charge in [0, 0.05) is 24.3 Å². The zero-order valence-corrected chi connectivity index (χ0v) is 8.79. The Bertz CT molecular complexity index is 379. The lowest BCUT2D eigenvalue weighted by atomic mass is 10.5. The van der Waals surface area contributed by atoms with Crippen molar-refractivity contribution in [1.82, 2.24) is 20.1 Å². The molecule has 0 aliphatic heterocycles. The highest BCUT2D eigenvalue weighted by atomic mass is 32.1. The molecule has 0 aromatic carbocycles. The van der Waals surface area contributed by atoms with Crippen LogP contribution in [0.3, 0.4) is 0 Å². The molecule has 2 rings (SSSR count). The molecule has 5 heteroatoms. The molecule has 0 fully saturated rings. The lowest BCUT2D eigenvalue weighted by Crippen LogP contribution is -2.05. The second-order valence-electron chi connectivity index (χ2n) is 2.97. The quantitative estimate of drug-likeness (QED) is 0.818. The summed E-state index contributed by atoms with van der Waals surface area (Å²) >= 11 is 1.68. The number of nitrogens with zero attached hydrogens (tertiary/aromatic N) is 3. The molecule has 2 aromatic heterocycles. The van der Waals surface area contributed by atoms with E-state index in [0.29, 0.717) is 0 Å². The monoisotopic (exact) mass is 208 g/mol. The van der Waals surface area contributed by atoms with Crippen LogP contribution in [0.25, 0.3) is 0 Å². The Morgan fingerprint density at radius 3 is 3.21 bits per heavy atom. The van der Waals surface area contributed by atoms with E-state index in [0.717, 1.165) is 23.8 Å². The smallest absolute Gasteiger partial charge is 0.107 e. The number of nitrogens with one attached hydrogen (secondary N) is 1. The number of aromatic nitrogens is 3. The van der Waals surface area contributed by atoms with Crippen LogP contribution in [0.15, 0.2) is 23.8 Å². The van der Waals surface area contributed by atoms with Crippen molar-refractivity contribution in [3.8, 4) is 0 Å². The van der Waals surface area contributed by atoms with Gasteiger partial charge in [-0.3, -0.25) is 4.68 Å². The summed E-state index contributed by atoms with van der Waals surface area (Å²) in [7, 11) is 1.93. The minimum atomic E-state index is 0.757. The molecule has 2 heterocycles. The van der Waals surface area contributed by atoms with Gasteiger partial charge in [0.2, 0.25) is 0 Å². The highest BCUT2D eigenvalue weighted by molar-refractivity contribution is 7.09. The van der Waals surface area contributed by atoms with E-state index < -0.39 is 0 Å². The van der Waals surface area contributed by atoms with Gasteiger partial charge in [-0.15, -0.1) is 11.3 Å². The van der Waals surface area contributed by atoms with Gasteiger partial charge in [0.25, 0.3) is 0 Å². The fraction of sp³-hybridized carbons (Fsp3) is 0.333. The molecule has 0 unspecified atom stereocenters. The van der Waals surface area contributed by atoms with Crippen molar-refractivity contribution in [1.29, 1.82) is 0 Å². The Morgan fingerprint density at radius 1 is 1.57 bits per heavy atom. The average molecular weight is 208 g/mol. The normalized spacial score (nSPS) is 10.6. The molecule has 0 aliphatic rings. The highest BCUT2D eigenvalue weighted by Gasteiger charge is 2.01. The van der Waals surface area contributed by atoms with Crippen LogP contribution in [0.4, 0.5) is 0 Å². The first-order valence-electron chi connectivity index (χ1n) is 4.44. The predicted octanol–water partition coefficient (Wildman–Crippen LogP) is 1.11. The molecule has 4 nitrogen and oxygen atoms in total. The number of hydrogen-bond acceptors (Lipinski definition) is 4. The first kappa shape index (κ1) is 9.36. The zero-order chi connectivity index (χ0) is 9.80. The number of rotatable bonds is 4. The van der Waals surface area contributed by atoms with Crippen LogP contribution in [0.2, 0.25) is 0 Å². The standard InChI is InChI=1S/C9H12N4S/c1-10-5-9-12-8(7-14-9)6-13-4-2-3-11-13/h2-4,7,10H,5-6H2,1H3. The summed E-state index contributed by atoms with van der Waals surface area (Å²) < 4.78 is 1.87. The molecule has 74 valence electrons. The summed E-state index contributed by atoms with van der Waals surface area (Å²) in [5, 5.41) is 10.4.